The van der Waals surface area contributed by atoms with Crippen molar-refractivity contribution in [1.82, 2.24) is 20.0 Å². The van der Waals surface area contributed by atoms with Crippen LogP contribution in [0.5, 0.6) is 11.5 Å². The van der Waals surface area contributed by atoms with Gasteiger partial charge < -0.3 is 19.7 Å². The van der Waals surface area contributed by atoms with Crippen molar-refractivity contribution in [3.63, 3.8) is 0 Å². The van der Waals surface area contributed by atoms with Gasteiger partial charge in [-0.1, -0.05) is 0 Å². The average molecular weight is 405 g/mol. The molecule has 1 N–H and O–H groups in total. The number of benzene rings is 1. The number of ether oxygens (including phenoxy) is 2. The highest BCUT2D eigenvalue weighted by Crippen LogP contribution is 2.18. The molecule has 8 nitrogen and oxygen atoms in total. The molecule has 0 radical (unpaired) electrons. The van der Waals surface area contributed by atoms with Crippen molar-refractivity contribution in [2.45, 2.75) is 18.9 Å². The van der Waals surface area contributed by atoms with Crippen LogP contribution in [0.2, 0.25) is 0 Å². The average Bonchev–Trinajstić information content (AvgIpc) is 3.52. The lowest BCUT2D eigenvalue weighted by atomic mass is 10.3. The predicted octanol–water partition coefficient (Wildman–Crippen LogP) is 0.429. The summed E-state index contributed by atoms with van der Waals surface area (Å²) in [6.45, 7) is 5.08. The number of likely N-dealkylation sites (N-methyl/N-ethyl adjacent to an activating group) is 1. The van der Waals surface area contributed by atoms with Crippen molar-refractivity contribution in [2.24, 2.45) is 0 Å². The normalized spacial score (nSPS) is 17.3. The molecule has 0 bridgehead atoms. The van der Waals surface area contributed by atoms with Gasteiger partial charge in [0.1, 0.15) is 18.1 Å². The highest BCUT2D eigenvalue weighted by atomic mass is 16.5. The van der Waals surface area contributed by atoms with Crippen LogP contribution in [0.3, 0.4) is 0 Å². The van der Waals surface area contributed by atoms with Crippen LogP contribution in [0, 0.1) is 0 Å². The maximum Gasteiger partial charge on any atom is 0.236 e. The molecule has 2 amide bonds. The number of nitrogens with one attached hydrogen (secondary N) is 1. The number of amides is 2. The van der Waals surface area contributed by atoms with Crippen LogP contribution in [-0.2, 0) is 9.59 Å². The molecular weight excluding hydrogens is 372 g/mol. The third-order valence-electron chi connectivity index (χ3n) is 5.22. The fourth-order valence-electron chi connectivity index (χ4n) is 3.32. The van der Waals surface area contributed by atoms with Gasteiger partial charge in [-0.05, 0) is 44.2 Å². The number of piperazine rings is 1. The summed E-state index contributed by atoms with van der Waals surface area (Å²) in [5, 5.41) is 2.95. The number of carbonyl (C=O) groups is 2. The molecule has 1 saturated heterocycles. The van der Waals surface area contributed by atoms with Crippen LogP contribution in [0.1, 0.15) is 12.8 Å². The highest BCUT2D eigenvalue weighted by Gasteiger charge is 2.25. The Morgan fingerprint density at radius 2 is 1.72 bits per heavy atom. The second kappa shape index (κ2) is 10.5. The van der Waals surface area contributed by atoms with Crippen molar-refractivity contribution >= 4 is 11.8 Å². The van der Waals surface area contributed by atoms with E-state index < -0.39 is 0 Å². The minimum absolute atomic E-state index is 0.00415. The van der Waals surface area contributed by atoms with Crippen LogP contribution in [0.25, 0.3) is 0 Å². The third kappa shape index (κ3) is 7.21. The molecule has 160 valence electrons. The van der Waals surface area contributed by atoms with Crippen LogP contribution < -0.4 is 14.8 Å². The Kier molecular flexibility index (Phi) is 7.71. The van der Waals surface area contributed by atoms with E-state index in [2.05, 4.69) is 10.2 Å². The van der Waals surface area contributed by atoms with Gasteiger partial charge in [0.05, 0.1) is 20.2 Å². The van der Waals surface area contributed by atoms with Crippen LogP contribution in [0.4, 0.5) is 0 Å². The molecule has 2 fully saturated rings. The Labute approximate surface area is 172 Å². The minimum atomic E-state index is 0.00415. The lowest BCUT2D eigenvalue weighted by Crippen LogP contribution is -2.52. The fourth-order valence-corrected chi connectivity index (χ4v) is 3.32. The summed E-state index contributed by atoms with van der Waals surface area (Å²) >= 11 is 0. The van der Waals surface area contributed by atoms with Crippen LogP contribution in [-0.4, -0.2) is 99.1 Å². The van der Waals surface area contributed by atoms with E-state index in [-0.39, 0.29) is 24.9 Å². The van der Waals surface area contributed by atoms with Crippen molar-refractivity contribution in [2.75, 3.05) is 66.6 Å². The maximum absolute atomic E-state index is 12.5. The molecule has 1 aliphatic heterocycles. The smallest absolute Gasteiger partial charge is 0.236 e. The zero-order valence-corrected chi connectivity index (χ0v) is 17.4. The Balaban J connectivity index is 1.29. The molecule has 3 rings (SSSR count). The summed E-state index contributed by atoms with van der Waals surface area (Å²) in [6.07, 6.45) is 2.15. The molecule has 29 heavy (non-hydrogen) atoms. The molecule has 1 aromatic rings. The molecule has 2 aliphatic rings. The lowest BCUT2D eigenvalue weighted by molar-refractivity contribution is -0.134. The summed E-state index contributed by atoms with van der Waals surface area (Å²) in [7, 11) is 3.46. The first-order valence-electron chi connectivity index (χ1n) is 10.3. The SMILES string of the molecule is COc1ccc(OCCN2CCN(C(=O)CN(C)CC(=O)NC3CC3)CC2)cc1. The molecule has 1 aromatic carbocycles. The van der Waals surface area contributed by atoms with Gasteiger partial charge in [-0.2, -0.15) is 0 Å². The summed E-state index contributed by atoms with van der Waals surface area (Å²) in [6, 6.07) is 7.92. The van der Waals surface area contributed by atoms with Crippen molar-refractivity contribution in [3.05, 3.63) is 24.3 Å². The van der Waals surface area contributed by atoms with Gasteiger partial charge >= 0.3 is 0 Å². The first kappa shape index (κ1) is 21.4. The Hall–Kier alpha value is -2.32. The second-order valence-corrected chi connectivity index (χ2v) is 7.76. The predicted molar refractivity (Wildman–Crippen MR) is 110 cm³/mol. The van der Waals surface area contributed by atoms with Gasteiger partial charge in [0, 0.05) is 38.8 Å². The third-order valence-corrected chi connectivity index (χ3v) is 5.22. The lowest BCUT2D eigenvalue weighted by Gasteiger charge is -2.35. The van der Waals surface area contributed by atoms with Crippen molar-refractivity contribution < 1.29 is 19.1 Å². The Bertz CT molecular complexity index is 670. The van der Waals surface area contributed by atoms with Crippen LogP contribution >= 0.6 is 0 Å². The minimum Gasteiger partial charge on any atom is -0.497 e. The molecule has 0 unspecified atom stereocenters. The number of methoxy groups -OCH3 is 1. The van der Waals surface area contributed by atoms with E-state index in [0.717, 1.165) is 44.0 Å². The first-order chi connectivity index (χ1) is 14.0. The first-order valence-corrected chi connectivity index (χ1v) is 10.3. The summed E-state index contributed by atoms with van der Waals surface area (Å²) in [5.41, 5.74) is 0. The van der Waals surface area contributed by atoms with Crippen molar-refractivity contribution in [1.29, 1.82) is 0 Å². The Morgan fingerprint density at radius 3 is 2.34 bits per heavy atom. The molecule has 8 heteroatoms. The standard InChI is InChI=1S/C21H32N4O4/c1-23(15-20(26)22-17-3-4-17)16-21(27)25-11-9-24(10-12-25)13-14-29-19-7-5-18(28-2)6-8-19/h5-8,17H,3-4,9-16H2,1-2H3,(H,22,26). The molecule has 1 saturated carbocycles. The topological polar surface area (TPSA) is 74.4 Å². The number of carbonyl (C=O) groups excluding carboxylic acids is 2. The Morgan fingerprint density at radius 1 is 1.07 bits per heavy atom. The summed E-state index contributed by atoms with van der Waals surface area (Å²) < 4.78 is 10.9. The number of rotatable bonds is 10. The molecule has 1 heterocycles. The van der Waals surface area contributed by atoms with Gasteiger partial charge in [-0.15, -0.1) is 0 Å². The summed E-state index contributed by atoms with van der Waals surface area (Å²) in [5.74, 6) is 1.73. The van der Waals surface area contributed by atoms with E-state index in [0.29, 0.717) is 25.7 Å². The van der Waals surface area contributed by atoms with E-state index in [4.69, 9.17) is 9.47 Å². The van der Waals surface area contributed by atoms with Gasteiger partial charge in [-0.25, -0.2) is 0 Å². The molecule has 1 aliphatic carbocycles. The highest BCUT2D eigenvalue weighted by molar-refractivity contribution is 5.81. The van der Waals surface area contributed by atoms with E-state index in [9.17, 15) is 9.59 Å². The second-order valence-electron chi connectivity index (χ2n) is 7.76. The molecule has 0 spiro atoms. The van der Waals surface area contributed by atoms with Crippen molar-refractivity contribution in [3.8, 4) is 11.5 Å². The molecule has 0 atom stereocenters. The van der Waals surface area contributed by atoms with Gasteiger partial charge in [0.25, 0.3) is 0 Å². The zero-order valence-electron chi connectivity index (χ0n) is 17.4. The van der Waals surface area contributed by atoms with Crippen LogP contribution in [0.15, 0.2) is 24.3 Å². The molecule has 0 aromatic heterocycles. The quantitative estimate of drug-likeness (QED) is 0.610. The number of hydrogen-bond donors (Lipinski definition) is 1. The summed E-state index contributed by atoms with van der Waals surface area (Å²) in [4.78, 5) is 30.3. The van der Waals surface area contributed by atoms with Gasteiger partial charge in [-0.3, -0.25) is 19.4 Å². The van der Waals surface area contributed by atoms with Gasteiger partial charge in [0.15, 0.2) is 0 Å². The largest absolute Gasteiger partial charge is 0.497 e. The van der Waals surface area contributed by atoms with E-state index in [1.54, 1.807) is 12.0 Å². The number of hydrogen-bond acceptors (Lipinski definition) is 6. The fraction of sp³-hybridized carbons (Fsp3) is 0.619. The maximum atomic E-state index is 12.5. The van der Waals surface area contributed by atoms with E-state index >= 15 is 0 Å². The molecular formula is C21H32N4O4. The zero-order chi connectivity index (χ0) is 20.6. The van der Waals surface area contributed by atoms with E-state index in [1.165, 1.54) is 0 Å². The number of nitrogens with zero attached hydrogens (tertiary/aromatic N) is 3. The van der Waals surface area contributed by atoms with Gasteiger partial charge in [0.2, 0.25) is 11.8 Å². The van der Waals surface area contributed by atoms with E-state index in [1.807, 2.05) is 36.2 Å². The monoisotopic (exact) mass is 404 g/mol.